The van der Waals surface area contributed by atoms with Gasteiger partial charge in [0.25, 0.3) is 0 Å². The van der Waals surface area contributed by atoms with Gasteiger partial charge in [0.1, 0.15) is 0 Å². The van der Waals surface area contributed by atoms with E-state index in [2.05, 4.69) is 48.0 Å². The number of hydrogen-bond acceptors (Lipinski definition) is 1. The zero-order valence-electron chi connectivity index (χ0n) is 9.00. The molecule has 0 aliphatic heterocycles. The van der Waals surface area contributed by atoms with Gasteiger partial charge >= 0.3 is 0 Å². The highest BCUT2D eigenvalue weighted by atomic mass is 79.9. The lowest BCUT2D eigenvalue weighted by Crippen LogP contribution is -1.95. The fraction of sp³-hybridized carbons (Fsp3) is 0.308. The molecular formula is C13H14BrN. The quantitative estimate of drug-likeness (QED) is 0.777. The number of para-hydroxylation sites is 1. The highest BCUT2D eigenvalue weighted by Crippen LogP contribution is 2.25. The zero-order valence-corrected chi connectivity index (χ0v) is 10.6. The second-order valence-electron chi connectivity index (χ2n) is 3.86. The van der Waals surface area contributed by atoms with E-state index in [0.717, 1.165) is 16.4 Å². The number of pyridine rings is 1. The molecule has 0 saturated carbocycles. The number of aromatic nitrogens is 1. The SMILES string of the molecule is CCC(C)c1ccc2cccc(Br)c2n1. The Morgan fingerprint density at radius 3 is 2.80 bits per heavy atom. The van der Waals surface area contributed by atoms with Crippen molar-refractivity contribution in [2.75, 3.05) is 0 Å². The van der Waals surface area contributed by atoms with Crippen LogP contribution < -0.4 is 0 Å². The predicted molar refractivity (Wildman–Crippen MR) is 68.1 cm³/mol. The molecule has 2 heteroatoms. The molecule has 1 aromatic heterocycles. The maximum atomic E-state index is 4.70. The number of halogens is 1. The Kier molecular flexibility index (Phi) is 3.06. The molecule has 0 saturated heterocycles. The van der Waals surface area contributed by atoms with Gasteiger partial charge < -0.3 is 0 Å². The molecule has 15 heavy (non-hydrogen) atoms. The summed E-state index contributed by atoms with van der Waals surface area (Å²) in [6.45, 7) is 4.40. The van der Waals surface area contributed by atoms with Gasteiger partial charge in [-0.25, -0.2) is 0 Å². The molecule has 1 nitrogen and oxygen atoms in total. The summed E-state index contributed by atoms with van der Waals surface area (Å²) in [4.78, 5) is 4.70. The summed E-state index contributed by atoms with van der Waals surface area (Å²) in [5, 5.41) is 1.19. The third-order valence-corrected chi connectivity index (χ3v) is 3.45. The van der Waals surface area contributed by atoms with E-state index in [9.17, 15) is 0 Å². The van der Waals surface area contributed by atoms with E-state index < -0.39 is 0 Å². The van der Waals surface area contributed by atoms with Crippen LogP contribution in [0.5, 0.6) is 0 Å². The first-order valence-electron chi connectivity index (χ1n) is 5.27. The van der Waals surface area contributed by atoms with Crippen molar-refractivity contribution in [3.8, 4) is 0 Å². The van der Waals surface area contributed by atoms with E-state index in [-0.39, 0.29) is 0 Å². The van der Waals surface area contributed by atoms with Gasteiger partial charge in [-0.2, -0.15) is 0 Å². The van der Waals surface area contributed by atoms with Crippen molar-refractivity contribution < 1.29 is 0 Å². The first kappa shape index (κ1) is 10.6. The van der Waals surface area contributed by atoms with Crippen LogP contribution in [0.15, 0.2) is 34.8 Å². The molecule has 0 amide bonds. The third-order valence-electron chi connectivity index (χ3n) is 2.81. The molecule has 1 aromatic carbocycles. The molecule has 0 aliphatic carbocycles. The maximum absolute atomic E-state index is 4.70. The summed E-state index contributed by atoms with van der Waals surface area (Å²) >= 11 is 3.54. The van der Waals surface area contributed by atoms with Gasteiger partial charge in [-0.15, -0.1) is 0 Å². The monoisotopic (exact) mass is 263 g/mol. The second kappa shape index (κ2) is 4.31. The molecule has 1 heterocycles. The molecule has 0 aliphatic rings. The van der Waals surface area contributed by atoms with E-state index in [1.54, 1.807) is 0 Å². The molecule has 0 radical (unpaired) electrons. The molecule has 0 spiro atoms. The maximum Gasteiger partial charge on any atom is 0.0847 e. The molecule has 2 aromatic rings. The third kappa shape index (κ3) is 2.05. The smallest absolute Gasteiger partial charge is 0.0847 e. The summed E-state index contributed by atoms with van der Waals surface area (Å²) in [5.41, 5.74) is 2.24. The Hall–Kier alpha value is -0.890. The van der Waals surface area contributed by atoms with Crippen LogP contribution in [-0.2, 0) is 0 Å². The number of rotatable bonds is 2. The van der Waals surface area contributed by atoms with Crippen LogP contribution in [0.3, 0.4) is 0 Å². The lowest BCUT2D eigenvalue weighted by Gasteiger charge is -2.09. The Morgan fingerprint density at radius 2 is 2.07 bits per heavy atom. The van der Waals surface area contributed by atoms with Crippen LogP contribution in [0, 0.1) is 0 Å². The minimum Gasteiger partial charge on any atom is -0.251 e. The largest absolute Gasteiger partial charge is 0.251 e. The van der Waals surface area contributed by atoms with Crippen LogP contribution in [0.4, 0.5) is 0 Å². The van der Waals surface area contributed by atoms with Crippen LogP contribution >= 0.6 is 15.9 Å². The Balaban J connectivity index is 2.59. The lowest BCUT2D eigenvalue weighted by atomic mass is 10.0. The first-order chi connectivity index (χ1) is 7.22. The summed E-state index contributed by atoms with van der Waals surface area (Å²) in [5.74, 6) is 0.529. The van der Waals surface area contributed by atoms with Crippen molar-refractivity contribution in [1.29, 1.82) is 0 Å². The van der Waals surface area contributed by atoms with Crippen molar-refractivity contribution in [2.24, 2.45) is 0 Å². The van der Waals surface area contributed by atoms with Gasteiger partial charge in [0.2, 0.25) is 0 Å². The standard InChI is InChI=1S/C13H14BrN/c1-3-9(2)12-8-7-10-5-4-6-11(14)13(10)15-12/h4-9H,3H2,1-2H3. The van der Waals surface area contributed by atoms with Crippen molar-refractivity contribution >= 4 is 26.8 Å². The van der Waals surface area contributed by atoms with Crippen molar-refractivity contribution in [1.82, 2.24) is 4.98 Å². The van der Waals surface area contributed by atoms with E-state index in [4.69, 9.17) is 4.98 Å². The molecule has 0 bridgehead atoms. The fourth-order valence-electron chi connectivity index (χ4n) is 1.61. The van der Waals surface area contributed by atoms with Crippen LogP contribution in [0.2, 0.25) is 0 Å². The average molecular weight is 264 g/mol. The summed E-state index contributed by atoms with van der Waals surface area (Å²) in [6.07, 6.45) is 1.13. The van der Waals surface area contributed by atoms with E-state index in [0.29, 0.717) is 5.92 Å². The number of benzene rings is 1. The van der Waals surface area contributed by atoms with Crippen molar-refractivity contribution in [3.05, 3.63) is 40.5 Å². The second-order valence-corrected chi connectivity index (χ2v) is 4.71. The predicted octanol–water partition coefficient (Wildman–Crippen LogP) is 4.51. The highest BCUT2D eigenvalue weighted by Gasteiger charge is 2.06. The van der Waals surface area contributed by atoms with Crippen molar-refractivity contribution in [3.63, 3.8) is 0 Å². The van der Waals surface area contributed by atoms with E-state index in [1.807, 2.05) is 12.1 Å². The normalized spacial score (nSPS) is 13.0. The summed E-state index contributed by atoms with van der Waals surface area (Å²) < 4.78 is 1.07. The number of fused-ring (bicyclic) bond motifs is 1. The minimum atomic E-state index is 0.529. The molecular weight excluding hydrogens is 250 g/mol. The van der Waals surface area contributed by atoms with E-state index >= 15 is 0 Å². The lowest BCUT2D eigenvalue weighted by molar-refractivity contribution is 0.712. The van der Waals surface area contributed by atoms with Gasteiger partial charge in [0.05, 0.1) is 5.52 Å². The number of nitrogens with zero attached hydrogens (tertiary/aromatic N) is 1. The van der Waals surface area contributed by atoms with Crippen LogP contribution in [0.25, 0.3) is 10.9 Å². The van der Waals surface area contributed by atoms with Gasteiger partial charge in [-0.05, 0) is 40.4 Å². The minimum absolute atomic E-state index is 0.529. The molecule has 2 rings (SSSR count). The molecule has 0 N–H and O–H groups in total. The fourth-order valence-corrected chi connectivity index (χ4v) is 2.08. The molecule has 1 unspecified atom stereocenters. The molecule has 0 fully saturated rings. The average Bonchev–Trinajstić information content (AvgIpc) is 2.28. The van der Waals surface area contributed by atoms with Gasteiger partial charge in [0.15, 0.2) is 0 Å². The van der Waals surface area contributed by atoms with Crippen LogP contribution in [0.1, 0.15) is 31.9 Å². The highest BCUT2D eigenvalue weighted by molar-refractivity contribution is 9.10. The summed E-state index contributed by atoms with van der Waals surface area (Å²) in [7, 11) is 0. The van der Waals surface area contributed by atoms with Crippen LogP contribution in [-0.4, -0.2) is 4.98 Å². The van der Waals surface area contributed by atoms with Gasteiger partial charge in [-0.3, -0.25) is 4.98 Å². The number of hydrogen-bond donors (Lipinski definition) is 0. The molecule has 78 valence electrons. The van der Waals surface area contributed by atoms with E-state index in [1.165, 1.54) is 11.1 Å². The Morgan fingerprint density at radius 1 is 1.27 bits per heavy atom. The topological polar surface area (TPSA) is 12.9 Å². The Bertz CT molecular complexity index is 479. The van der Waals surface area contributed by atoms with Gasteiger partial charge in [-0.1, -0.05) is 32.0 Å². The first-order valence-corrected chi connectivity index (χ1v) is 6.07. The van der Waals surface area contributed by atoms with Crippen molar-refractivity contribution in [2.45, 2.75) is 26.2 Å². The molecule has 1 atom stereocenters. The summed E-state index contributed by atoms with van der Waals surface area (Å²) in [6, 6.07) is 10.4. The van der Waals surface area contributed by atoms with Gasteiger partial charge in [0, 0.05) is 15.6 Å². The zero-order chi connectivity index (χ0) is 10.8. The Labute approximate surface area is 98.7 Å².